The van der Waals surface area contributed by atoms with Gasteiger partial charge in [-0.15, -0.1) is 0 Å². The standard InChI is InChI=1S/C24H30BrN3O4/c1-15(2)26-22(30)16(3)28(14-17-8-10-18(25)11-9-17)21(29)12-13-27-23(31)19-6-4-5-7-20(19)24(27)32/h4-5,8-11,15-16,19-20H,6-7,12-14H2,1-3H3,(H,26,30)/t16-,19-,20+/m1/s1. The highest BCUT2D eigenvalue weighted by Gasteiger charge is 2.47. The maximum Gasteiger partial charge on any atom is 0.242 e. The maximum atomic E-state index is 13.2. The smallest absolute Gasteiger partial charge is 0.242 e. The molecule has 0 unspecified atom stereocenters. The molecule has 1 aromatic rings. The second-order valence-corrected chi connectivity index (χ2v) is 9.64. The number of hydrogen-bond acceptors (Lipinski definition) is 4. The third-order valence-electron chi connectivity index (χ3n) is 6.01. The van der Waals surface area contributed by atoms with Crippen molar-refractivity contribution in [3.8, 4) is 0 Å². The maximum absolute atomic E-state index is 13.2. The van der Waals surface area contributed by atoms with Crippen molar-refractivity contribution in [3.05, 3.63) is 46.5 Å². The topological polar surface area (TPSA) is 86.8 Å². The number of hydrogen-bond donors (Lipinski definition) is 1. The molecule has 0 aromatic heterocycles. The van der Waals surface area contributed by atoms with Crippen LogP contribution in [0.5, 0.6) is 0 Å². The van der Waals surface area contributed by atoms with Gasteiger partial charge in [0.05, 0.1) is 11.8 Å². The molecule has 8 heteroatoms. The minimum Gasteiger partial charge on any atom is -0.352 e. The van der Waals surface area contributed by atoms with Crippen molar-refractivity contribution >= 4 is 39.6 Å². The number of benzene rings is 1. The predicted molar refractivity (Wildman–Crippen MR) is 124 cm³/mol. The van der Waals surface area contributed by atoms with E-state index in [1.165, 1.54) is 9.80 Å². The Morgan fingerprint density at radius 3 is 2.16 bits per heavy atom. The molecule has 1 N–H and O–H groups in total. The third-order valence-corrected chi connectivity index (χ3v) is 6.54. The van der Waals surface area contributed by atoms with Crippen LogP contribution in [-0.4, -0.2) is 52.1 Å². The number of halogens is 1. The van der Waals surface area contributed by atoms with Crippen LogP contribution in [0.1, 0.15) is 45.6 Å². The van der Waals surface area contributed by atoms with Gasteiger partial charge < -0.3 is 10.2 Å². The van der Waals surface area contributed by atoms with Gasteiger partial charge in [-0.2, -0.15) is 0 Å². The van der Waals surface area contributed by atoms with E-state index in [2.05, 4.69) is 21.2 Å². The molecule has 1 saturated heterocycles. The first kappa shape index (κ1) is 24.2. The number of rotatable bonds is 8. The van der Waals surface area contributed by atoms with Crippen LogP contribution in [-0.2, 0) is 25.7 Å². The Hall–Kier alpha value is -2.48. The van der Waals surface area contributed by atoms with E-state index in [0.29, 0.717) is 12.8 Å². The number of allylic oxidation sites excluding steroid dienone is 2. The van der Waals surface area contributed by atoms with Gasteiger partial charge in [-0.3, -0.25) is 24.1 Å². The fourth-order valence-electron chi connectivity index (χ4n) is 4.21. The molecule has 3 atom stereocenters. The highest BCUT2D eigenvalue weighted by Crippen LogP contribution is 2.35. The van der Waals surface area contributed by atoms with Crippen molar-refractivity contribution in [1.29, 1.82) is 0 Å². The van der Waals surface area contributed by atoms with E-state index < -0.39 is 6.04 Å². The Balaban J connectivity index is 1.71. The molecular formula is C24H30BrN3O4. The summed E-state index contributed by atoms with van der Waals surface area (Å²) in [6, 6.07) is 6.81. The quantitative estimate of drug-likeness (QED) is 0.436. The van der Waals surface area contributed by atoms with E-state index >= 15 is 0 Å². The zero-order chi connectivity index (χ0) is 23.4. The van der Waals surface area contributed by atoms with Gasteiger partial charge in [0.15, 0.2) is 0 Å². The molecule has 172 valence electrons. The number of likely N-dealkylation sites (tertiary alicyclic amines) is 1. The van der Waals surface area contributed by atoms with Crippen LogP contribution in [0.15, 0.2) is 40.9 Å². The molecule has 0 radical (unpaired) electrons. The molecule has 0 spiro atoms. The van der Waals surface area contributed by atoms with E-state index in [-0.39, 0.29) is 61.0 Å². The number of carbonyl (C=O) groups is 4. The van der Waals surface area contributed by atoms with Gasteiger partial charge in [0.1, 0.15) is 6.04 Å². The van der Waals surface area contributed by atoms with E-state index in [4.69, 9.17) is 0 Å². The van der Waals surface area contributed by atoms with Crippen LogP contribution in [0, 0.1) is 11.8 Å². The molecule has 3 rings (SSSR count). The molecule has 0 saturated carbocycles. The summed E-state index contributed by atoms with van der Waals surface area (Å²) in [5.74, 6) is -1.51. The lowest BCUT2D eigenvalue weighted by atomic mass is 9.85. The first-order valence-electron chi connectivity index (χ1n) is 11.0. The molecule has 7 nitrogen and oxygen atoms in total. The summed E-state index contributed by atoms with van der Waals surface area (Å²) < 4.78 is 0.923. The zero-order valence-electron chi connectivity index (χ0n) is 18.7. The number of nitrogens with zero attached hydrogens (tertiary/aromatic N) is 2. The summed E-state index contributed by atoms with van der Waals surface area (Å²) in [6.45, 7) is 5.73. The van der Waals surface area contributed by atoms with Gasteiger partial charge in [0, 0.05) is 30.0 Å². The van der Waals surface area contributed by atoms with Crippen molar-refractivity contribution in [2.75, 3.05) is 6.54 Å². The van der Waals surface area contributed by atoms with E-state index in [1.807, 2.05) is 50.3 Å². The number of amides is 4. The number of imide groups is 1. The average Bonchev–Trinajstić information content (AvgIpc) is 3.00. The van der Waals surface area contributed by atoms with Crippen LogP contribution < -0.4 is 5.32 Å². The summed E-state index contributed by atoms with van der Waals surface area (Å²) in [6.07, 6.45) is 5.01. The van der Waals surface area contributed by atoms with Crippen molar-refractivity contribution in [1.82, 2.24) is 15.1 Å². The van der Waals surface area contributed by atoms with Crippen LogP contribution in [0.4, 0.5) is 0 Å². The molecule has 1 aliphatic carbocycles. The Morgan fingerprint density at radius 2 is 1.62 bits per heavy atom. The number of nitrogens with one attached hydrogen (secondary N) is 1. The molecule has 32 heavy (non-hydrogen) atoms. The monoisotopic (exact) mass is 503 g/mol. The minimum atomic E-state index is -0.690. The van der Waals surface area contributed by atoms with Crippen LogP contribution >= 0.6 is 15.9 Å². The van der Waals surface area contributed by atoms with Crippen LogP contribution in [0.3, 0.4) is 0 Å². The summed E-state index contributed by atoms with van der Waals surface area (Å²) >= 11 is 3.40. The molecule has 0 bridgehead atoms. The van der Waals surface area contributed by atoms with Gasteiger partial charge in [-0.05, 0) is 51.3 Å². The lowest BCUT2D eigenvalue weighted by Gasteiger charge is -2.30. The number of fused-ring (bicyclic) bond motifs is 1. The van der Waals surface area contributed by atoms with Crippen LogP contribution in [0.2, 0.25) is 0 Å². The minimum absolute atomic E-state index is 0.0137. The molecule has 2 aliphatic rings. The highest BCUT2D eigenvalue weighted by molar-refractivity contribution is 9.10. The van der Waals surface area contributed by atoms with Crippen molar-refractivity contribution in [3.63, 3.8) is 0 Å². The third kappa shape index (κ3) is 5.46. The van der Waals surface area contributed by atoms with Gasteiger partial charge in [-0.25, -0.2) is 0 Å². The first-order chi connectivity index (χ1) is 15.2. The second-order valence-electron chi connectivity index (χ2n) is 8.72. The Kier molecular flexibility index (Phi) is 7.87. The summed E-state index contributed by atoms with van der Waals surface area (Å²) in [5, 5.41) is 2.85. The van der Waals surface area contributed by atoms with E-state index in [9.17, 15) is 19.2 Å². The molecule has 4 amide bonds. The van der Waals surface area contributed by atoms with E-state index in [1.54, 1.807) is 6.92 Å². The largest absolute Gasteiger partial charge is 0.352 e. The van der Waals surface area contributed by atoms with Crippen LogP contribution in [0.25, 0.3) is 0 Å². The van der Waals surface area contributed by atoms with E-state index in [0.717, 1.165) is 10.0 Å². The molecular weight excluding hydrogens is 474 g/mol. The first-order valence-corrected chi connectivity index (χ1v) is 11.8. The van der Waals surface area contributed by atoms with Crippen molar-refractivity contribution < 1.29 is 19.2 Å². The zero-order valence-corrected chi connectivity index (χ0v) is 20.3. The van der Waals surface area contributed by atoms with Crippen molar-refractivity contribution in [2.24, 2.45) is 11.8 Å². The molecule has 1 fully saturated rings. The Morgan fingerprint density at radius 1 is 1.06 bits per heavy atom. The highest BCUT2D eigenvalue weighted by atomic mass is 79.9. The van der Waals surface area contributed by atoms with Gasteiger partial charge in [0.25, 0.3) is 0 Å². The second kappa shape index (κ2) is 10.4. The summed E-state index contributed by atoms with van der Waals surface area (Å²) in [5.41, 5.74) is 0.885. The molecule has 1 heterocycles. The van der Waals surface area contributed by atoms with Crippen molar-refractivity contribution in [2.45, 2.75) is 58.7 Å². The average molecular weight is 504 g/mol. The Labute approximate surface area is 197 Å². The van der Waals surface area contributed by atoms with Gasteiger partial charge in [-0.1, -0.05) is 40.2 Å². The lowest BCUT2D eigenvalue weighted by Crippen LogP contribution is -2.49. The molecule has 1 aromatic carbocycles. The summed E-state index contributed by atoms with van der Waals surface area (Å²) in [4.78, 5) is 54.0. The van der Waals surface area contributed by atoms with Gasteiger partial charge in [0.2, 0.25) is 23.6 Å². The number of carbonyl (C=O) groups excluding carboxylic acids is 4. The normalized spacial score (nSPS) is 21.0. The Bertz CT molecular complexity index is 886. The fraction of sp³-hybridized carbons (Fsp3) is 0.500. The molecule has 1 aliphatic heterocycles. The van der Waals surface area contributed by atoms with Gasteiger partial charge >= 0.3 is 0 Å². The fourth-order valence-corrected chi connectivity index (χ4v) is 4.48. The lowest BCUT2D eigenvalue weighted by molar-refractivity contribution is -0.143. The summed E-state index contributed by atoms with van der Waals surface area (Å²) in [7, 11) is 0. The predicted octanol–water partition coefficient (Wildman–Crippen LogP) is 3.03. The SMILES string of the molecule is CC(C)NC(=O)[C@@H](C)N(Cc1ccc(Br)cc1)C(=O)CCN1C(=O)[C@H]2CC=CC[C@H]2C1=O.